The number of carbonyl (C=O) groups is 1. The molecular formula is C18H21ClN4O2. The van der Waals surface area contributed by atoms with Crippen molar-refractivity contribution in [2.24, 2.45) is 0 Å². The number of benzene rings is 1. The van der Waals surface area contributed by atoms with Gasteiger partial charge in [0.05, 0.1) is 12.2 Å². The molecule has 0 radical (unpaired) electrons. The number of amides is 2. The minimum Gasteiger partial charge on any atom is -0.372 e. The number of nitrogens with one attached hydrogen (secondary N) is 2. The number of halogens is 1. The summed E-state index contributed by atoms with van der Waals surface area (Å²) in [7, 11) is 0. The van der Waals surface area contributed by atoms with Gasteiger partial charge in [-0.1, -0.05) is 17.7 Å². The van der Waals surface area contributed by atoms with E-state index in [0.29, 0.717) is 17.3 Å². The van der Waals surface area contributed by atoms with Crippen LogP contribution in [0.25, 0.3) is 0 Å². The van der Waals surface area contributed by atoms with Crippen molar-refractivity contribution in [1.82, 2.24) is 15.1 Å². The number of hydrogen-bond acceptors (Lipinski definition) is 3. The van der Waals surface area contributed by atoms with Gasteiger partial charge in [-0.05, 0) is 38.0 Å². The van der Waals surface area contributed by atoms with E-state index >= 15 is 0 Å². The molecule has 0 saturated carbocycles. The fourth-order valence-corrected chi connectivity index (χ4v) is 3.78. The first-order valence-electron chi connectivity index (χ1n) is 8.62. The van der Waals surface area contributed by atoms with E-state index in [1.54, 1.807) is 12.1 Å². The minimum atomic E-state index is -0.125. The molecule has 1 aromatic heterocycles. The average Bonchev–Trinajstić information content (AvgIpc) is 3.22. The van der Waals surface area contributed by atoms with Crippen LogP contribution in [0.15, 0.2) is 24.3 Å². The standard InChI is InChI=1S/C18H21ClN4O2/c1-11-8-15-14(17(22-21-15)16-6-3-7-25-16)10-23(11)18(24)20-13-5-2-4-12(19)9-13/h2,4-5,9,11,16H,3,6-8,10H2,1H3,(H,20,24)(H,21,22)/t11-,16?/m0/s1. The van der Waals surface area contributed by atoms with Crippen LogP contribution in [-0.2, 0) is 17.7 Å². The second kappa shape index (κ2) is 6.69. The van der Waals surface area contributed by atoms with Gasteiger partial charge < -0.3 is 15.0 Å². The molecule has 0 aliphatic carbocycles. The van der Waals surface area contributed by atoms with Gasteiger partial charge in [-0.25, -0.2) is 4.79 Å². The summed E-state index contributed by atoms with van der Waals surface area (Å²) in [6.45, 7) is 3.36. The molecule has 0 spiro atoms. The van der Waals surface area contributed by atoms with Gasteiger partial charge in [-0.15, -0.1) is 0 Å². The predicted octanol–water partition coefficient (Wildman–Crippen LogP) is 3.89. The normalized spacial score (nSPS) is 22.7. The molecule has 6 nitrogen and oxygen atoms in total. The van der Waals surface area contributed by atoms with E-state index in [1.807, 2.05) is 24.0 Å². The molecule has 1 unspecified atom stereocenters. The Balaban J connectivity index is 1.53. The summed E-state index contributed by atoms with van der Waals surface area (Å²) in [6, 6.07) is 7.15. The smallest absolute Gasteiger partial charge is 0.322 e. The Bertz CT molecular complexity index is 785. The van der Waals surface area contributed by atoms with Crippen LogP contribution in [0, 0.1) is 0 Å². The zero-order valence-corrected chi connectivity index (χ0v) is 14.8. The van der Waals surface area contributed by atoms with E-state index in [0.717, 1.165) is 42.8 Å². The van der Waals surface area contributed by atoms with Gasteiger partial charge in [0.25, 0.3) is 0 Å². The Hall–Kier alpha value is -2.05. The highest BCUT2D eigenvalue weighted by atomic mass is 35.5. The number of aromatic nitrogens is 2. The van der Waals surface area contributed by atoms with Crippen molar-refractivity contribution in [1.29, 1.82) is 0 Å². The topological polar surface area (TPSA) is 70.2 Å². The van der Waals surface area contributed by atoms with E-state index < -0.39 is 0 Å². The molecule has 2 N–H and O–H groups in total. The van der Waals surface area contributed by atoms with E-state index in [2.05, 4.69) is 15.5 Å². The van der Waals surface area contributed by atoms with Crippen LogP contribution < -0.4 is 5.32 Å². The van der Waals surface area contributed by atoms with Crippen molar-refractivity contribution in [3.63, 3.8) is 0 Å². The van der Waals surface area contributed by atoms with Crippen LogP contribution in [-0.4, -0.2) is 33.8 Å². The Labute approximate surface area is 151 Å². The number of carbonyl (C=O) groups excluding carboxylic acids is 1. The number of rotatable bonds is 2. The van der Waals surface area contributed by atoms with E-state index in [4.69, 9.17) is 16.3 Å². The average molecular weight is 361 g/mol. The van der Waals surface area contributed by atoms with Gasteiger partial charge in [0, 0.05) is 41.0 Å². The Morgan fingerprint density at radius 1 is 1.48 bits per heavy atom. The third-order valence-corrected chi connectivity index (χ3v) is 5.15. The van der Waals surface area contributed by atoms with Crippen LogP contribution >= 0.6 is 11.6 Å². The molecule has 2 atom stereocenters. The lowest BCUT2D eigenvalue weighted by Gasteiger charge is -2.33. The molecule has 3 heterocycles. The number of ether oxygens (including phenoxy) is 1. The summed E-state index contributed by atoms with van der Waals surface area (Å²) < 4.78 is 5.78. The number of hydrogen-bond donors (Lipinski definition) is 2. The van der Waals surface area contributed by atoms with Crippen molar-refractivity contribution in [3.05, 3.63) is 46.2 Å². The summed E-state index contributed by atoms with van der Waals surface area (Å²) in [5, 5.41) is 11.2. The first-order valence-corrected chi connectivity index (χ1v) is 9.00. The summed E-state index contributed by atoms with van der Waals surface area (Å²) in [5.74, 6) is 0. The molecule has 2 aliphatic rings. The minimum absolute atomic E-state index is 0.0475. The fraction of sp³-hybridized carbons (Fsp3) is 0.444. The van der Waals surface area contributed by atoms with E-state index in [1.165, 1.54) is 0 Å². The fourth-order valence-electron chi connectivity index (χ4n) is 3.59. The molecule has 25 heavy (non-hydrogen) atoms. The SMILES string of the molecule is C[C@H]1Cc2[nH]nc(C3CCCO3)c2CN1C(=O)Nc1cccc(Cl)c1. The highest BCUT2D eigenvalue weighted by Gasteiger charge is 2.33. The molecule has 2 amide bonds. The number of urea groups is 1. The number of nitrogens with zero attached hydrogens (tertiary/aromatic N) is 2. The zero-order valence-electron chi connectivity index (χ0n) is 14.1. The lowest BCUT2D eigenvalue weighted by atomic mass is 9.97. The highest BCUT2D eigenvalue weighted by Crippen LogP contribution is 2.34. The van der Waals surface area contributed by atoms with Gasteiger partial charge in [-0.3, -0.25) is 5.10 Å². The molecule has 2 aromatic rings. The van der Waals surface area contributed by atoms with Gasteiger partial charge >= 0.3 is 6.03 Å². The molecule has 4 rings (SSSR count). The van der Waals surface area contributed by atoms with Gasteiger partial charge in [0.15, 0.2) is 0 Å². The second-order valence-electron chi connectivity index (χ2n) is 6.69. The molecule has 1 saturated heterocycles. The maximum absolute atomic E-state index is 12.8. The number of H-pyrrole nitrogens is 1. The Kier molecular flexibility index (Phi) is 4.39. The lowest BCUT2D eigenvalue weighted by molar-refractivity contribution is 0.106. The monoisotopic (exact) mass is 360 g/mol. The zero-order chi connectivity index (χ0) is 17.4. The Morgan fingerprint density at radius 2 is 2.36 bits per heavy atom. The largest absolute Gasteiger partial charge is 0.372 e. The molecule has 1 aromatic carbocycles. The van der Waals surface area contributed by atoms with Crippen molar-refractivity contribution in [2.75, 3.05) is 11.9 Å². The van der Waals surface area contributed by atoms with Crippen molar-refractivity contribution in [2.45, 2.75) is 44.9 Å². The summed E-state index contributed by atoms with van der Waals surface area (Å²) >= 11 is 6.00. The number of anilines is 1. The summed E-state index contributed by atoms with van der Waals surface area (Å²) in [5.41, 5.74) is 3.87. The molecule has 7 heteroatoms. The van der Waals surface area contributed by atoms with E-state index in [-0.39, 0.29) is 18.2 Å². The quantitative estimate of drug-likeness (QED) is 0.853. The molecule has 2 aliphatic heterocycles. The first-order chi connectivity index (χ1) is 12.1. The maximum Gasteiger partial charge on any atom is 0.322 e. The summed E-state index contributed by atoms with van der Waals surface area (Å²) in [4.78, 5) is 14.6. The van der Waals surface area contributed by atoms with Crippen molar-refractivity contribution in [3.8, 4) is 0 Å². The van der Waals surface area contributed by atoms with E-state index in [9.17, 15) is 4.79 Å². The van der Waals surface area contributed by atoms with Gasteiger partial charge in [0.2, 0.25) is 0 Å². The molecular weight excluding hydrogens is 340 g/mol. The van der Waals surface area contributed by atoms with Crippen molar-refractivity contribution < 1.29 is 9.53 Å². The van der Waals surface area contributed by atoms with Crippen LogP contribution in [0.2, 0.25) is 5.02 Å². The molecule has 132 valence electrons. The van der Waals surface area contributed by atoms with Crippen LogP contribution in [0.3, 0.4) is 0 Å². The van der Waals surface area contributed by atoms with Crippen LogP contribution in [0.1, 0.15) is 42.8 Å². The number of fused-ring (bicyclic) bond motifs is 1. The summed E-state index contributed by atoms with van der Waals surface area (Å²) in [6.07, 6.45) is 2.85. The van der Waals surface area contributed by atoms with Crippen molar-refractivity contribution >= 4 is 23.3 Å². The third-order valence-electron chi connectivity index (χ3n) is 4.92. The van der Waals surface area contributed by atoms with Crippen LogP contribution in [0.5, 0.6) is 0 Å². The maximum atomic E-state index is 12.8. The number of aromatic amines is 1. The third kappa shape index (κ3) is 3.24. The lowest BCUT2D eigenvalue weighted by Crippen LogP contribution is -2.45. The molecule has 1 fully saturated rings. The Morgan fingerprint density at radius 3 is 3.12 bits per heavy atom. The second-order valence-corrected chi connectivity index (χ2v) is 7.13. The first kappa shape index (κ1) is 16.4. The highest BCUT2D eigenvalue weighted by molar-refractivity contribution is 6.30. The molecule has 0 bridgehead atoms. The van der Waals surface area contributed by atoms with Crippen LogP contribution in [0.4, 0.5) is 10.5 Å². The predicted molar refractivity (Wildman–Crippen MR) is 95.7 cm³/mol. The van der Waals surface area contributed by atoms with Gasteiger partial charge in [-0.2, -0.15) is 5.10 Å². The van der Waals surface area contributed by atoms with Gasteiger partial charge in [0.1, 0.15) is 6.10 Å².